The molecule has 0 saturated carbocycles. The Balaban J connectivity index is 2.48. The Morgan fingerprint density at radius 3 is 2.35 bits per heavy atom. The predicted molar refractivity (Wildman–Crippen MR) is 82.4 cm³/mol. The molecule has 1 nitrogen and oxygen atoms in total. The van der Waals surface area contributed by atoms with Gasteiger partial charge < -0.3 is 5.73 Å². The van der Waals surface area contributed by atoms with Gasteiger partial charge in [0, 0.05) is 5.56 Å². The predicted octanol–water partition coefficient (Wildman–Crippen LogP) is 4.31. The van der Waals surface area contributed by atoms with Crippen LogP contribution in [0, 0.1) is 12.7 Å². The molecule has 1 atom stereocenters. The Labute approximate surface area is 120 Å². The Morgan fingerprint density at radius 1 is 1.00 bits per heavy atom. The van der Waals surface area contributed by atoms with E-state index in [0.29, 0.717) is 5.56 Å². The summed E-state index contributed by atoms with van der Waals surface area (Å²) in [6.07, 6.45) is 1.86. The summed E-state index contributed by atoms with van der Waals surface area (Å²) in [5.74, 6) is -0.221. The van der Waals surface area contributed by atoms with Crippen molar-refractivity contribution < 1.29 is 4.39 Å². The van der Waals surface area contributed by atoms with Crippen molar-refractivity contribution in [2.45, 2.75) is 39.7 Å². The van der Waals surface area contributed by atoms with Gasteiger partial charge in [-0.3, -0.25) is 0 Å². The molecule has 20 heavy (non-hydrogen) atoms. The maximum Gasteiger partial charge on any atom is 0.128 e. The molecule has 0 aliphatic carbocycles. The van der Waals surface area contributed by atoms with E-state index in [1.807, 2.05) is 13.0 Å². The smallest absolute Gasteiger partial charge is 0.128 e. The lowest BCUT2D eigenvalue weighted by atomic mass is 9.91. The summed E-state index contributed by atoms with van der Waals surface area (Å²) < 4.78 is 14.1. The van der Waals surface area contributed by atoms with Gasteiger partial charge in [0.1, 0.15) is 5.82 Å². The Hall–Kier alpha value is -1.67. The molecule has 0 amide bonds. The Kier molecular flexibility index (Phi) is 4.56. The summed E-state index contributed by atoms with van der Waals surface area (Å²) in [5.41, 5.74) is 11.3. The van der Waals surface area contributed by atoms with Crippen LogP contribution < -0.4 is 5.73 Å². The number of aryl methyl sites for hydroxylation is 3. The Bertz CT molecular complexity index is 604. The monoisotopic (exact) mass is 271 g/mol. The molecule has 1 unspecified atom stereocenters. The maximum atomic E-state index is 14.1. The third-order valence-corrected chi connectivity index (χ3v) is 3.83. The summed E-state index contributed by atoms with van der Waals surface area (Å²) in [5, 5.41) is 0. The average molecular weight is 271 g/mol. The second-order valence-corrected chi connectivity index (χ2v) is 5.24. The van der Waals surface area contributed by atoms with E-state index in [1.54, 1.807) is 12.1 Å². The molecule has 0 aromatic heterocycles. The molecule has 0 aliphatic rings. The van der Waals surface area contributed by atoms with E-state index in [-0.39, 0.29) is 5.82 Å². The van der Waals surface area contributed by atoms with Crippen molar-refractivity contribution in [3.8, 4) is 0 Å². The summed E-state index contributed by atoms with van der Waals surface area (Å²) in [6.45, 7) is 6.10. The topological polar surface area (TPSA) is 26.0 Å². The third kappa shape index (κ3) is 2.91. The van der Waals surface area contributed by atoms with Crippen molar-refractivity contribution in [1.29, 1.82) is 0 Å². The minimum absolute atomic E-state index is 0.221. The molecule has 0 bridgehead atoms. The van der Waals surface area contributed by atoms with Gasteiger partial charge in [0.15, 0.2) is 0 Å². The second kappa shape index (κ2) is 6.19. The molecule has 0 heterocycles. The van der Waals surface area contributed by atoms with Gasteiger partial charge in [0.25, 0.3) is 0 Å². The number of nitrogens with two attached hydrogens (primary N) is 1. The fourth-order valence-electron chi connectivity index (χ4n) is 2.53. The summed E-state index contributed by atoms with van der Waals surface area (Å²) >= 11 is 0. The van der Waals surface area contributed by atoms with Crippen molar-refractivity contribution in [1.82, 2.24) is 0 Å². The summed E-state index contributed by atoms with van der Waals surface area (Å²) in [7, 11) is 0. The van der Waals surface area contributed by atoms with Gasteiger partial charge >= 0.3 is 0 Å². The highest BCUT2D eigenvalue weighted by molar-refractivity contribution is 5.41. The van der Waals surface area contributed by atoms with E-state index in [0.717, 1.165) is 24.0 Å². The van der Waals surface area contributed by atoms with Crippen LogP contribution in [0.25, 0.3) is 0 Å². The van der Waals surface area contributed by atoms with Crippen molar-refractivity contribution in [3.05, 3.63) is 70.0 Å². The quantitative estimate of drug-likeness (QED) is 0.881. The zero-order chi connectivity index (χ0) is 14.7. The van der Waals surface area contributed by atoms with Crippen LogP contribution in [-0.2, 0) is 12.8 Å². The highest BCUT2D eigenvalue weighted by atomic mass is 19.1. The highest BCUT2D eigenvalue weighted by Gasteiger charge is 2.16. The van der Waals surface area contributed by atoms with Gasteiger partial charge in [0.2, 0.25) is 0 Å². The molecule has 2 aromatic rings. The zero-order valence-corrected chi connectivity index (χ0v) is 12.4. The molecule has 2 aromatic carbocycles. The normalized spacial score (nSPS) is 12.4. The minimum atomic E-state index is -0.406. The van der Waals surface area contributed by atoms with Gasteiger partial charge in [-0.1, -0.05) is 44.2 Å². The standard InChI is InChI=1S/C18H22FN/c1-4-13-7-8-14(5-2)16(11-13)18(20)15-9-6-12(3)10-17(15)19/h6-11,18H,4-5,20H2,1-3H3. The van der Waals surface area contributed by atoms with Crippen LogP contribution in [0.5, 0.6) is 0 Å². The first-order valence-corrected chi connectivity index (χ1v) is 7.20. The molecular weight excluding hydrogens is 249 g/mol. The fourth-order valence-corrected chi connectivity index (χ4v) is 2.53. The van der Waals surface area contributed by atoms with Crippen LogP contribution in [0.1, 0.15) is 47.7 Å². The lowest BCUT2D eigenvalue weighted by Gasteiger charge is -2.18. The first-order chi connectivity index (χ1) is 9.56. The van der Waals surface area contributed by atoms with Crippen molar-refractivity contribution in [2.24, 2.45) is 5.73 Å². The van der Waals surface area contributed by atoms with E-state index in [4.69, 9.17) is 5.73 Å². The average Bonchev–Trinajstić information content (AvgIpc) is 2.46. The summed E-state index contributed by atoms with van der Waals surface area (Å²) in [6, 6.07) is 11.2. The van der Waals surface area contributed by atoms with Gasteiger partial charge in [-0.15, -0.1) is 0 Å². The SMILES string of the molecule is CCc1ccc(CC)c(C(N)c2ccc(C)cc2F)c1. The van der Waals surface area contributed by atoms with E-state index >= 15 is 0 Å². The van der Waals surface area contributed by atoms with Crippen LogP contribution in [-0.4, -0.2) is 0 Å². The third-order valence-electron chi connectivity index (χ3n) is 3.83. The first-order valence-electron chi connectivity index (χ1n) is 7.20. The lowest BCUT2D eigenvalue weighted by molar-refractivity contribution is 0.597. The molecule has 0 aliphatic heterocycles. The lowest BCUT2D eigenvalue weighted by Crippen LogP contribution is -2.16. The number of hydrogen-bond acceptors (Lipinski definition) is 1. The molecule has 2 heteroatoms. The number of benzene rings is 2. The second-order valence-electron chi connectivity index (χ2n) is 5.24. The minimum Gasteiger partial charge on any atom is -0.320 e. The van der Waals surface area contributed by atoms with Crippen molar-refractivity contribution >= 4 is 0 Å². The first kappa shape index (κ1) is 14.7. The van der Waals surface area contributed by atoms with Gasteiger partial charge in [-0.05, 0) is 48.1 Å². The van der Waals surface area contributed by atoms with Crippen LogP contribution in [0.3, 0.4) is 0 Å². The number of halogens is 1. The van der Waals surface area contributed by atoms with Gasteiger partial charge in [0.05, 0.1) is 6.04 Å². The number of hydrogen-bond donors (Lipinski definition) is 1. The summed E-state index contributed by atoms with van der Waals surface area (Å²) in [4.78, 5) is 0. The van der Waals surface area contributed by atoms with E-state index in [2.05, 4.69) is 32.0 Å². The van der Waals surface area contributed by atoms with Crippen LogP contribution in [0.4, 0.5) is 4.39 Å². The maximum absolute atomic E-state index is 14.1. The molecular formula is C18H22FN. The molecule has 0 fully saturated rings. The number of rotatable bonds is 4. The van der Waals surface area contributed by atoms with Gasteiger partial charge in [-0.2, -0.15) is 0 Å². The van der Waals surface area contributed by atoms with E-state index < -0.39 is 6.04 Å². The molecule has 0 radical (unpaired) electrons. The molecule has 2 N–H and O–H groups in total. The van der Waals surface area contributed by atoms with Crippen LogP contribution >= 0.6 is 0 Å². The Morgan fingerprint density at radius 2 is 1.75 bits per heavy atom. The molecule has 106 valence electrons. The highest BCUT2D eigenvalue weighted by Crippen LogP contribution is 2.27. The van der Waals surface area contributed by atoms with E-state index in [1.165, 1.54) is 11.1 Å². The molecule has 2 rings (SSSR count). The zero-order valence-electron chi connectivity index (χ0n) is 12.4. The van der Waals surface area contributed by atoms with E-state index in [9.17, 15) is 4.39 Å². The van der Waals surface area contributed by atoms with Gasteiger partial charge in [-0.25, -0.2) is 4.39 Å². The van der Waals surface area contributed by atoms with Crippen molar-refractivity contribution in [3.63, 3.8) is 0 Å². The van der Waals surface area contributed by atoms with Crippen LogP contribution in [0.15, 0.2) is 36.4 Å². The largest absolute Gasteiger partial charge is 0.320 e. The molecule has 0 saturated heterocycles. The molecule has 0 spiro atoms. The van der Waals surface area contributed by atoms with Crippen molar-refractivity contribution in [2.75, 3.05) is 0 Å². The fraction of sp³-hybridized carbons (Fsp3) is 0.333. The van der Waals surface area contributed by atoms with Crippen LogP contribution in [0.2, 0.25) is 0 Å².